The Morgan fingerprint density at radius 3 is 2.72 bits per heavy atom. The lowest BCUT2D eigenvalue weighted by atomic mass is 9.88. The van der Waals surface area contributed by atoms with Crippen LogP contribution in [0.5, 0.6) is 5.75 Å². The van der Waals surface area contributed by atoms with Gasteiger partial charge in [-0.15, -0.1) is 0 Å². The van der Waals surface area contributed by atoms with Crippen LogP contribution in [0.4, 0.5) is 0 Å². The first-order chi connectivity index (χ1) is 12.0. The van der Waals surface area contributed by atoms with Gasteiger partial charge in [-0.05, 0) is 57.9 Å². The molecule has 0 amide bonds. The van der Waals surface area contributed by atoms with Gasteiger partial charge in [0.05, 0.1) is 24.1 Å². The Morgan fingerprint density at radius 1 is 1.28 bits per heavy atom. The Morgan fingerprint density at radius 2 is 2.04 bits per heavy atom. The number of aryl methyl sites for hydroxylation is 1. The topological polar surface area (TPSA) is 65.0 Å². The van der Waals surface area contributed by atoms with E-state index in [1.165, 1.54) is 0 Å². The Balaban J connectivity index is 1.73. The van der Waals surface area contributed by atoms with E-state index < -0.39 is 0 Å². The molecular formula is C19H24N4O2. The van der Waals surface area contributed by atoms with Crippen molar-refractivity contribution in [3.63, 3.8) is 0 Å². The highest BCUT2D eigenvalue weighted by atomic mass is 16.5. The molecule has 0 saturated carbocycles. The van der Waals surface area contributed by atoms with Gasteiger partial charge < -0.3 is 14.5 Å². The largest absolute Gasteiger partial charge is 0.497 e. The molecular weight excluding hydrogens is 316 g/mol. The maximum absolute atomic E-state index is 5.84. The molecule has 25 heavy (non-hydrogen) atoms. The van der Waals surface area contributed by atoms with Gasteiger partial charge >= 0.3 is 0 Å². The molecule has 1 saturated heterocycles. The van der Waals surface area contributed by atoms with Gasteiger partial charge in [-0.25, -0.2) is 9.67 Å². The van der Waals surface area contributed by atoms with Crippen molar-refractivity contribution in [3.05, 3.63) is 35.8 Å². The summed E-state index contributed by atoms with van der Waals surface area (Å²) in [5.41, 5.74) is 3.72. The number of ether oxygens (including phenoxy) is 2. The summed E-state index contributed by atoms with van der Waals surface area (Å²) in [4.78, 5) is 8.41. The zero-order valence-electron chi connectivity index (χ0n) is 15.2. The third-order valence-corrected chi connectivity index (χ3v) is 4.92. The molecule has 6 nitrogen and oxygen atoms in total. The number of nitrogens with zero attached hydrogens (tertiary/aromatic N) is 3. The van der Waals surface area contributed by atoms with Crippen molar-refractivity contribution in [3.8, 4) is 11.4 Å². The molecule has 132 valence electrons. The zero-order valence-corrected chi connectivity index (χ0v) is 15.2. The molecule has 1 unspecified atom stereocenters. The fraction of sp³-hybridized carbons (Fsp3) is 0.474. The van der Waals surface area contributed by atoms with Crippen molar-refractivity contribution in [2.45, 2.75) is 45.1 Å². The van der Waals surface area contributed by atoms with Crippen molar-refractivity contribution in [2.24, 2.45) is 0 Å². The Bertz CT molecular complexity index is 892. The van der Waals surface area contributed by atoms with Crippen LogP contribution >= 0.6 is 0 Å². The van der Waals surface area contributed by atoms with Gasteiger partial charge in [0.1, 0.15) is 17.1 Å². The van der Waals surface area contributed by atoms with Gasteiger partial charge in [0, 0.05) is 12.5 Å². The highest BCUT2D eigenvalue weighted by Crippen LogP contribution is 2.35. The maximum atomic E-state index is 5.84. The van der Waals surface area contributed by atoms with Crippen molar-refractivity contribution in [1.29, 1.82) is 0 Å². The number of H-pyrrole nitrogens is 1. The Hall–Kier alpha value is -2.34. The molecule has 1 fully saturated rings. The minimum Gasteiger partial charge on any atom is -0.497 e. The van der Waals surface area contributed by atoms with E-state index >= 15 is 0 Å². The number of aromatic nitrogens is 4. The second-order valence-corrected chi connectivity index (χ2v) is 7.31. The first-order valence-corrected chi connectivity index (χ1v) is 8.70. The van der Waals surface area contributed by atoms with Gasteiger partial charge in [0.2, 0.25) is 0 Å². The smallest absolute Gasteiger partial charge is 0.181 e. The number of imidazole rings is 1. The Kier molecular flexibility index (Phi) is 3.80. The average Bonchev–Trinajstić information content (AvgIpc) is 3.15. The number of hydrogen-bond donors (Lipinski definition) is 1. The van der Waals surface area contributed by atoms with Gasteiger partial charge in [0.25, 0.3) is 0 Å². The van der Waals surface area contributed by atoms with Crippen LogP contribution in [0, 0.1) is 6.92 Å². The minimum atomic E-state index is -0.0983. The van der Waals surface area contributed by atoms with E-state index in [1.54, 1.807) is 7.11 Å². The van der Waals surface area contributed by atoms with Gasteiger partial charge in [-0.3, -0.25) is 0 Å². The van der Waals surface area contributed by atoms with E-state index in [-0.39, 0.29) is 5.60 Å². The van der Waals surface area contributed by atoms with Crippen LogP contribution in [0.3, 0.4) is 0 Å². The van der Waals surface area contributed by atoms with E-state index in [9.17, 15) is 0 Å². The number of fused-ring (bicyclic) bond motifs is 1. The normalized spacial score (nSPS) is 20.1. The standard InChI is InChI=1S/C19H24N4O2/c1-12-16-18(23(22-12)14-5-7-15(24-4)8-6-14)21-17(20-16)13-9-10-25-19(2,3)11-13/h5-8,13H,9-11H2,1-4H3,(H,20,21). The fourth-order valence-corrected chi connectivity index (χ4v) is 3.60. The summed E-state index contributed by atoms with van der Waals surface area (Å²) >= 11 is 0. The average molecular weight is 340 g/mol. The third-order valence-electron chi connectivity index (χ3n) is 4.92. The molecule has 0 radical (unpaired) electrons. The number of methoxy groups -OCH3 is 1. The lowest BCUT2D eigenvalue weighted by Crippen LogP contribution is -2.33. The van der Waals surface area contributed by atoms with Crippen LogP contribution in [0.15, 0.2) is 24.3 Å². The quantitative estimate of drug-likeness (QED) is 0.789. The summed E-state index contributed by atoms with van der Waals surface area (Å²) in [5, 5.41) is 4.65. The van der Waals surface area contributed by atoms with Crippen LogP contribution in [-0.2, 0) is 4.74 Å². The van der Waals surface area contributed by atoms with E-state index in [0.717, 1.165) is 53.6 Å². The third kappa shape index (κ3) is 2.91. The fourth-order valence-electron chi connectivity index (χ4n) is 3.60. The molecule has 3 heterocycles. The molecule has 4 rings (SSSR count). The van der Waals surface area contributed by atoms with Crippen LogP contribution in [0.25, 0.3) is 16.9 Å². The molecule has 0 spiro atoms. The number of nitrogens with one attached hydrogen (secondary N) is 1. The molecule has 2 aromatic heterocycles. The van der Waals surface area contributed by atoms with Gasteiger partial charge in [-0.2, -0.15) is 5.10 Å². The van der Waals surface area contributed by atoms with Crippen molar-refractivity contribution >= 4 is 11.2 Å². The molecule has 1 aliphatic heterocycles. The molecule has 0 aliphatic carbocycles. The molecule has 6 heteroatoms. The van der Waals surface area contributed by atoms with Crippen LogP contribution in [0.2, 0.25) is 0 Å². The predicted octanol–water partition coefficient (Wildman–Crippen LogP) is 3.74. The molecule has 1 N–H and O–H groups in total. The summed E-state index contributed by atoms with van der Waals surface area (Å²) in [6.45, 7) is 7.08. The second-order valence-electron chi connectivity index (χ2n) is 7.31. The number of benzene rings is 1. The SMILES string of the molecule is COc1ccc(-n2nc(C)c3[nH]c(C4CCOC(C)(C)C4)nc32)cc1. The van der Waals surface area contributed by atoms with Gasteiger partial charge in [0.15, 0.2) is 5.65 Å². The van der Waals surface area contributed by atoms with Crippen molar-refractivity contribution < 1.29 is 9.47 Å². The highest BCUT2D eigenvalue weighted by Gasteiger charge is 2.32. The summed E-state index contributed by atoms with van der Waals surface area (Å²) in [6, 6.07) is 7.87. The summed E-state index contributed by atoms with van der Waals surface area (Å²) in [6.07, 6.45) is 1.96. The van der Waals surface area contributed by atoms with E-state index in [0.29, 0.717) is 5.92 Å². The molecule has 0 bridgehead atoms. The first kappa shape index (κ1) is 16.1. The number of rotatable bonds is 3. The van der Waals surface area contributed by atoms with E-state index in [1.807, 2.05) is 35.9 Å². The van der Waals surface area contributed by atoms with Crippen LogP contribution in [-0.4, -0.2) is 39.1 Å². The monoisotopic (exact) mass is 340 g/mol. The van der Waals surface area contributed by atoms with Crippen LogP contribution < -0.4 is 4.74 Å². The van der Waals surface area contributed by atoms with E-state index in [4.69, 9.17) is 14.5 Å². The Labute approximate surface area is 147 Å². The number of hydrogen-bond acceptors (Lipinski definition) is 4. The van der Waals surface area contributed by atoms with Crippen molar-refractivity contribution in [2.75, 3.05) is 13.7 Å². The summed E-state index contributed by atoms with van der Waals surface area (Å²) in [7, 11) is 1.67. The maximum Gasteiger partial charge on any atom is 0.181 e. The zero-order chi connectivity index (χ0) is 17.6. The molecule has 3 aromatic rings. The number of aromatic amines is 1. The lowest BCUT2D eigenvalue weighted by Gasteiger charge is -2.34. The predicted molar refractivity (Wildman–Crippen MR) is 96.5 cm³/mol. The van der Waals surface area contributed by atoms with Gasteiger partial charge in [-0.1, -0.05) is 0 Å². The summed E-state index contributed by atoms with van der Waals surface area (Å²) in [5.74, 6) is 2.25. The minimum absolute atomic E-state index is 0.0983. The first-order valence-electron chi connectivity index (χ1n) is 8.70. The molecule has 1 aromatic carbocycles. The molecule has 1 atom stereocenters. The van der Waals surface area contributed by atoms with Crippen LogP contribution in [0.1, 0.15) is 44.1 Å². The van der Waals surface area contributed by atoms with Crippen molar-refractivity contribution in [1.82, 2.24) is 19.7 Å². The molecule has 1 aliphatic rings. The second kappa shape index (κ2) is 5.88. The summed E-state index contributed by atoms with van der Waals surface area (Å²) < 4.78 is 13.0. The highest BCUT2D eigenvalue weighted by molar-refractivity contribution is 5.76. The van der Waals surface area contributed by atoms with E-state index in [2.05, 4.69) is 23.9 Å². The lowest BCUT2D eigenvalue weighted by molar-refractivity contribution is -0.0602.